The number of carbonyl (C=O) groups excluding carboxylic acids is 1. The summed E-state index contributed by atoms with van der Waals surface area (Å²) < 4.78 is 0. The molecule has 0 saturated carbocycles. The maximum atomic E-state index is 12.2. The van der Waals surface area contributed by atoms with Crippen LogP contribution in [0.3, 0.4) is 0 Å². The van der Waals surface area contributed by atoms with E-state index >= 15 is 0 Å². The van der Waals surface area contributed by atoms with E-state index in [-0.39, 0.29) is 11.3 Å². The minimum atomic E-state index is -0.531. The number of hydrogen-bond donors (Lipinski definition) is 1. The minimum absolute atomic E-state index is 0.0881. The van der Waals surface area contributed by atoms with Gasteiger partial charge in [-0.15, -0.1) is 0 Å². The summed E-state index contributed by atoms with van der Waals surface area (Å²) in [7, 11) is 1.73. The zero-order chi connectivity index (χ0) is 14.6. The maximum Gasteiger partial charge on any atom is 0.240 e. The molecule has 0 saturated heterocycles. The summed E-state index contributed by atoms with van der Waals surface area (Å²) in [6.07, 6.45) is 0. The first-order chi connectivity index (χ1) is 8.75. The summed E-state index contributed by atoms with van der Waals surface area (Å²) in [6, 6.07) is 8.80. The van der Waals surface area contributed by atoms with Crippen LogP contribution < -0.4 is 5.73 Å². The Bertz CT molecular complexity index is 497. The van der Waals surface area contributed by atoms with Crippen LogP contribution in [0.5, 0.6) is 0 Å². The lowest BCUT2D eigenvalue weighted by molar-refractivity contribution is -0.134. The van der Waals surface area contributed by atoms with Crippen LogP contribution in [-0.2, 0) is 11.3 Å². The van der Waals surface area contributed by atoms with Crippen LogP contribution in [-0.4, -0.2) is 23.9 Å². The Balaban J connectivity index is 2.77. The Hall–Kier alpha value is -1.86. The van der Waals surface area contributed by atoms with Gasteiger partial charge in [-0.05, 0) is 23.1 Å². The molecule has 0 aromatic heterocycles. The molecule has 4 heteroatoms. The summed E-state index contributed by atoms with van der Waals surface area (Å²) >= 11 is 0. The molecule has 0 fully saturated rings. The van der Waals surface area contributed by atoms with E-state index in [0.717, 1.165) is 5.56 Å². The molecule has 1 aromatic carbocycles. The van der Waals surface area contributed by atoms with Gasteiger partial charge in [0, 0.05) is 13.6 Å². The molecule has 1 aromatic rings. The quantitative estimate of drug-likeness (QED) is 0.901. The first kappa shape index (κ1) is 15.2. The second kappa shape index (κ2) is 5.85. The lowest BCUT2D eigenvalue weighted by Crippen LogP contribution is -2.48. The Kier molecular flexibility index (Phi) is 4.68. The van der Waals surface area contributed by atoms with Crippen LogP contribution in [0.25, 0.3) is 0 Å². The molecule has 0 radical (unpaired) electrons. The summed E-state index contributed by atoms with van der Waals surface area (Å²) in [4.78, 5) is 13.8. The molecule has 19 heavy (non-hydrogen) atoms. The zero-order valence-electron chi connectivity index (χ0n) is 12.0. The van der Waals surface area contributed by atoms with E-state index < -0.39 is 6.04 Å². The van der Waals surface area contributed by atoms with Gasteiger partial charge in [-0.3, -0.25) is 4.79 Å². The van der Waals surface area contributed by atoms with E-state index in [0.29, 0.717) is 12.1 Å². The predicted molar refractivity (Wildman–Crippen MR) is 75.1 cm³/mol. The van der Waals surface area contributed by atoms with Crippen molar-refractivity contribution in [2.24, 2.45) is 11.1 Å². The number of likely N-dealkylation sites (N-methyl/N-ethyl adjacent to an activating group) is 1. The highest BCUT2D eigenvalue weighted by Gasteiger charge is 2.29. The lowest BCUT2D eigenvalue weighted by atomic mass is 9.86. The standard InChI is InChI=1S/C15H21N3O/c1-15(2,3)13(17)14(19)18(4)10-12-7-5-6-11(8-12)9-16/h5-8,13H,10,17H2,1-4H3/t13-/m1/s1. The first-order valence-corrected chi connectivity index (χ1v) is 6.25. The SMILES string of the molecule is CN(Cc1cccc(C#N)c1)C(=O)[C@@H](N)C(C)(C)C. The van der Waals surface area contributed by atoms with Crippen molar-refractivity contribution in [1.29, 1.82) is 5.26 Å². The van der Waals surface area contributed by atoms with Gasteiger partial charge in [-0.1, -0.05) is 32.9 Å². The third-order valence-corrected chi connectivity index (χ3v) is 3.05. The fourth-order valence-electron chi connectivity index (χ4n) is 1.70. The molecular weight excluding hydrogens is 238 g/mol. The number of nitrogens with zero attached hydrogens (tertiary/aromatic N) is 2. The van der Waals surface area contributed by atoms with E-state index in [1.807, 2.05) is 32.9 Å². The van der Waals surface area contributed by atoms with Crippen LogP contribution in [0.15, 0.2) is 24.3 Å². The van der Waals surface area contributed by atoms with Crippen molar-refractivity contribution in [3.63, 3.8) is 0 Å². The van der Waals surface area contributed by atoms with Crippen LogP contribution in [0.1, 0.15) is 31.9 Å². The Labute approximate surface area is 114 Å². The fraction of sp³-hybridized carbons (Fsp3) is 0.467. The maximum absolute atomic E-state index is 12.2. The summed E-state index contributed by atoms with van der Waals surface area (Å²) in [6.45, 7) is 6.29. The van der Waals surface area contributed by atoms with Gasteiger partial charge in [0.1, 0.15) is 0 Å². The van der Waals surface area contributed by atoms with Crippen LogP contribution in [0.4, 0.5) is 0 Å². The van der Waals surface area contributed by atoms with Gasteiger partial charge < -0.3 is 10.6 Å². The number of rotatable bonds is 3. The second-order valence-electron chi connectivity index (χ2n) is 5.85. The van der Waals surface area contributed by atoms with Crippen molar-refractivity contribution in [3.8, 4) is 6.07 Å². The summed E-state index contributed by atoms with van der Waals surface area (Å²) in [5, 5.41) is 8.85. The monoisotopic (exact) mass is 259 g/mol. The normalized spacial score (nSPS) is 12.6. The van der Waals surface area contributed by atoms with Crippen molar-refractivity contribution in [1.82, 2.24) is 4.90 Å². The molecule has 4 nitrogen and oxygen atoms in total. The van der Waals surface area contributed by atoms with E-state index in [1.54, 1.807) is 24.1 Å². The highest BCUT2D eigenvalue weighted by molar-refractivity contribution is 5.82. The molecule has 0 unspecified atom stereocenters. The second-order valence-corrected chi connectivity index (χ2v) is 5.85. The van der Waals surface area contributed by atoms with Crippen molar-refractivity contribution >= 4 is 5.91 Å². The molecular formula is C15H21N3O. The van der Waals surface area contributed by atoms with E-state index in [1.165, 1.54) is 0 Å². The number of benzene rings is 1. The Morgan fingerprint density at radius 2 is 2.11 bits per heavy atom. The van der Waals surface area contributed by atoms with Crippen LogP contribution >= 0.6 is 0 Å². The average Bonchev–Trinajstić information content (AvgIpc) is 2.36. The van der Waals surface area contributed by atoms with Crippen LogP contribution in [0, 0.1) is 16.7 Å². The predicted octanol–water partition coefficient (Wildman–Crippen LogP) is 1.89. The highest BCUT2D eigenvalue weighted by atomic mass is 16.2. The molecule has 1 rings (SSSR count). The Morgan fingerprint density at radius 3 is 2.63 bits per heavy atom. The zero-order valence-corrected chi connectivity index (χ0v) is 12.0. The van der Waals surface area contributed by atoms with E-state index in [2.05, 4.69) is 6.07 Å². The third-order valence-electron chi connectivity index (χ3n) is 3.05. The first-order valence-electron chi connectivity index (χ1n) is 6.25. The third kappa shape index (κ3) is 4.08. The smallest absolute Gasteiger partial charge is 0.240 e. The van der Waals surface area contributed by atoms with Gasteiger partial charge in [-0.2, -0.15) is 5.26 Å². The molecule has 0 bridgehead atoms. The largest absolute Gasteiger partial charge is 0.340 e. The highest BCUT2D eigenvalue weighted by Crippen LogP contribution is 2.19. The molecule has 1 amide bonds. The molecule has 0 aliphatic heterocycles. The minimum Gasteiger partial charge on any atom is -0.340 e. The molecule has 102 valence electrons. The van der Waals surface area contributed by atoms with Gasteiger partial charge in [-0.25, -0.2) is 0 Å². The molecule has 0 aliphatic carbocycles. The molecule has 0 spiro atoms. The summed E-state index contributed by atoms with van der Waals surface area (Å²) in [5.41, 5.74) is 7.22. The van der Waals surface area contributed by atoms with Crippen molar-refractivity contribution in [2.75, 3.05) is 7.05 Å². The topological polar surface area (TPSA) is 70.1 Å². The van der Waals surface area contributed by atoms with Gasteiger partial charge in [0.2, 0.25) is 5.91 Å². The number of amides is 1. The van der Waals surface area contributed by atoms with Gasteiger partial charge in [0.25, 0.3) is 0 Å². The number of hydrogen-bond acceptors (Lipinski definition) is 3. The number of nitriles is 1. The van der Waals surface area contributed by atoms with Crippen LogP contribution in [0.2, 0.25) is 0 Å². The van der Waals surface area contributed by atoms with Crippen molar-refractivity contribution in [2.45, 2.75) is 33.4 Å². The number of nitrogens with two attached hydrogens (primary N) is 1. The Morgan fingerprint density at radius 1 is 1.47 bits per heavy atom. The fourth-order valence-corrected chi connectivity index (χ4v) is 1.70. The van der Waals surface area contributed by atoms with Crippen molar-refractivity contribution < 1.29 is 4.79 Å². The molecule has 0 heterocycles. The van der Waals surface area contributed by atoms with Gasteiger partial charge in [0.15, 0.2) is 0 Å². The lowest BCUT2D eigenvalue weighted by Gasteiger charge is -2.30. The van der Waals surface area contributed by atoms with Crippen molar-refractivity contribution in [3.05, 3.63) is 35.4 Å². The van der Waals surface area contributed by atoms with Gasteiger partial charge in [0.05, 0.1) is 17.7 Å². The summed E-state index contributed by atoms with van der Waals surface area (Å²) in [5.74, 6) is -0.0881. The molecule has 0 aliphatic rings. The molecule has 2 N–H and O–H groups in total. The molecule has 1 atom stereocenters. The van der Waals surface area contributed by atoms with E-state index in [4.69, 9.17) is 11.0 Å². The average molecular weight is 259 g/mol. The van der Waals surface area contributed by atoms with Gasteiger partial charge >= 0.3 is 0 Å². The van der Waals surface area contributed by atoms with E-state index in [9.17, 15) is 4.79 Å². The number of carbonyl (C=O) groups is 1.